The number of ether oxygens (including phenoxy) is 2. The Morgan fingerprint density at radius 3 is 1.97 bits per heavy atom. The molecular weight excluding hydrogens is 464 g/mol. The monoisotopic (exact) mass is 496 g/mol. The van der Waals surface area contributed by atoms with Crippen LogP contribution in [0.15, 0.2) is 83.8 Å². The van der Waals surface area contributed by atoms with Crippen molar-refractivity contribution in [2.45, 2.75) is 31.6 Å². The zero-order valence-electron chi connectivity index (χ0n) is 20.1. The fraction of sp³-hybridized carbons (Fsp3) is 0.296. The standard InChI is InChI=1S/C27H32N2O5S/c1-3-33-24-14-12-22(13-15-24)9-8-20-28-27(30)21-29(23-10-6-5-7-11-23)35(31,32)26-18-16-25(17-19-26)34-4-2/h5-7,10-19H,3-4,8-9,20-21H2,1-2H3,(H,28,30). The Kier molecular flexibility index (Phi) is 9.55. The van der Waals surface area contributed by atoms with Gasteiger partial charge in [0, 0.05) is 6.54 Å². The van der Waals surface area contributed by atoms with Gasteiger partial charge in [0.25, 0.3) is 10.0 Å². The number of anilines is 1. The number of sulfonamides is 1. The van der Waals surface area contributed by atoms with Crippen LogP contribution in [0.5, 0.6) is 11.5 Å². The SMILES string of the molecule is CCOc1ccc(CCCNC(=O)CN(c2ccccc2)S(=O)(=O)c2ccc(OCC)cc2)cc1. The summed E-state index contributed by atoms with van der Waals surface area (Å²) >= 11 is 0. The summed E-state index contributed by atoms with van der Waals surface area (Å²) in [6, 6.07) is 22.7. The molecule has 0 fully saturated rings. The van der Waals surface area contributed by atoms with Gasteiger partial charge in [0.2, 0.25) is 5.91 Å². The van der Waals surface area contributed by atoms with Crippen LogP contribution >= 0.6 is 0 Å². The summed E-state index contributed by atoms with van der Waals surface area (Å²) in [7, 11) is -3.96. The fourth-order valence-corrected chi connectivity index (χ4v) is 4.96. The van der Waals surface area contributed by atoms with Crippen LogP contribution in [0.4, 0.5) is 5.69 Å². The van der Waals surface area contributed by atoms with E-state index in [0.29, 0.717) is 31.2 Å². The smallest absolute Gasteiger partial charge is 0.264 e. The Morgan fingerprint density at radius 1 is 0.829 bits per heavy atom. The Bertz CT molecular complexity index is 1160. The first-order valence-corrected chi connectivity index (χ1v) is 13.2. The van der Waals surface area contributed by atoms with Crippen molar-refractivity contribution in [2.24, 2.45) is 0 Å². The highest BCUT2D eigenvalue weighted by molar-refractivity contribution is 7.92. The van der Waals surface area contributed by atoms with Gasteiger partial charge in [-0.2, -0.15) is 0 Å². The van der Waals surface area contributed by atoms with Crippen molar-refractivity contribution in [1.82, 2.24) is 5.32 Å². The Labute approximate surface area is 207 Å². The molecule has 0 aliphatic carbocycles. The molecule has 0 aliphatic rings. The first kappa shape index (κ1) is 26.1. The van der Waals surface area contributed by atoms with E-state index in [9.17, 15) is 13.2 Å². The van der Waals surface area contributed by atoms with Crippen LogP contribution in [-0.4, -0.2) is 40.6 Å². The number of nitrogens with one attached hydrogen (secondary N) is 1. The minimum absolute atomic E-state index is 0.0908. The molecule has 0 saturated carbocycles. The maximum absolute atomic E-state index is 13.4. The van der Waals surface area contributed by atoms with Crippen LogP contribution in [-0.2, 0) is 21.2 Å². The van der Waals surface area contributed by atoms with Crippen LogP contribution in [0.1, 0.15) is 25.8 Å². The van der Waals surface area contributed by atoms with Crippen LogP contribution in [0.3, 0.4) is 0 Å². The first-order valence-electron chi connectivity index (χ1n) is 11.7. The summed E-state index contributed by atoms with van der Waals surface area (Å²) in [5.74, 6) is 1.05. The molecule has 0 heterocycles. The van der Waals surface area contributed by atoms with Gasteiger partial charge < -0.3 is 14.8 Å². The molecule has 0 aliphatic heterocycles. The Morgan fingerprint density at radius 2 is 1.40 bits per heavy atom. The van der Waals surface area contributed by atoms with Crippen molar-refractivity contribution in [2.75, 3.05) is 30.6 Å². The molecule has 0 aromatic heterocycles. The summed E-state index contributed by atoms with van der Waals surface area (Å²) in [5.41, 5.74) is 1.57. The minimum Gasteiger partial charge on any atom is -0.494 e. The Balaban J connectivity index is 1.63. The Hall–Kier alpha value is -3.52. The maximum Gasteiger partial charge on any atom is 0.264 e. The molecule has 0 radical (unpaired) electrons. The third kappa shape index (κ3) is 7.48. The van der Waals surface area contributed by atoms with Crippen molar-refractivity contribution in [3.8, 4) is 11.5 Å². The molecule has 1 N–H and O–H groups in total. The second-order valence-corrected chi connectivity index (χ2v) is 9.64. The summed E-state index contributed by atoms with van der Waals surface area (Å²) < 4.78 is 38.8. The zero-order valence-corrected chi connectivity index (χ0v) is 21.0. The third-order valence-corrected chi connectivity index (χ3v) is 7.04. The molecule has 3 aromatic rings. The molecule has 8 heteroatoms. The van der Waals surface area contributed by atoms with Gasteiger partial charge in [-0.1, -0.05) is 30.3 Å². The number of carbonyl (C=O) groups excluding carboxylic acids is 1. The molecule has 0 bridgehead atoms. The highest BCUT2D eigenvalue weighted by atomic mass is 32.2. The van der Waals surface area contributed by atoms with Crippen LogP contribution < -0.4 is 19.1 Å². The molecule has 3 rings (SSSR count). The van der Waals surface area contributed by atoms with Crippen molar-refractivity contribution in [3.05, 3.63) is 84.4 Å². The zero-order chi connectivity index (χ0) is 25.1. The van der Waals surface area contributed by atoms with E-state index in [0.717, 1.165) is 28.5 Å². The number of carbonyl (C=O) groups is 1. The van der Waals surface area contributed by atoms with Gasteiger partial charge in [-0.25, -0.2) is 8.42 Å². The van der Waals surface area contributed by atoms with E-state index in [4.69, 9.17) is 9.47 Å². The van der Waals surface area contributed by atoms with Gasteiger partial charge in [-0.15, -0.1) is 0 Å². The van der Waals surface area contributed by atoms with Gasteiger partial charge in [-0.3, -0.25) is 9.10 Å². The molecule has 186 valence electrons. The number of benzene rings is 3. The van der Waals surface area contributed by atoms with Gasteiger partial charge in [-0.05, 0) is 80.8 Å². The molecule has 0 spiro atoms. The van der Waals surface area contributed by atoms with E-state index in [2.05, 4.69) is 5.32 Å². The van der Waals surface area contributed by atoms with E-state index in [1.54, 1.807) is 42.5 Å². The molecule has 3 aromatic carbocycles. The predicted molar refractivity (Wildman–Crippen MR) is 138 cm³/mol. The van der Waals surface area contributed by atoms with Gasteiger partial charge in [0.1, 0.15) is 18.0 Å². The number of amides is 1. The van der Waals surface area contributed by atoms with Crippen LogP contribution in [0.2, 0.25) is 0 Å². The van der Waals surface area contributed by atoms with Crippen molar-refractivity contribution in [3.63, 3.8) is 0 Å². The molecule has 0 unspecified atom stereocenters. The lowest BCUT2D eigenvalue weighted by molar-refractivity contribution is -0.119. The fourth-order valence-electron chi connectivity index (χ4n) is 3.54. The summed E-state index contributed by atoms with van der Waals surface area (Å²) in [6.45, 7) is 5.04. The quantitative estimate of drug-likeness (QED) is 0.354. The number of hydrogen-bond acceptors (Lipinski definition) is 5. The highest BCUT2D eigenvalue weighted by Gasteiger charge is 2.27. The number of nitrogens with zero attached hydrogens (tertiary/aromatic N) is 1. The second-order valence-electron chi connectivity index (χ2n) is 7.78. The van der Waals surface area contributed by atoms with Crippen LogP contribution in [0.25, 0.3) is 0 Å². The number of rotatable bonds is 13. The second kappa shape index (κ2) is 12.8. The third-order valence-electron chi connectivity index (χ3n) is 5.25. The molecule has 7 nitrogen and oxygen atoms in total. The summed E-state index contributed by atoms with van der Waals surface area (Å²) in [5, 5.41) is 2.84. The van der Waals surface area contributed by atoms with Crippen molar-refractivity contribution >= 4 is 21.6 Å². The van der Waals surface area contributed by atoms with Gasteiger partial charge >= 0.3 is 0 Å². The molecule has 0 saturated heterocycles. The van der Waals surface area contributed by atoms with Gasteiger partial charge in [0.15, 0.2) is 0 Å². The number of aryl methyl sites for hydroxylation is 1. The topological polar surface area (TPSA) is 84.9 Å². The summed E-state index contributed by atoms with van der Waals surface area (Å²) in [6.07, 6.45) is 1.52. The molecule has 0 atom stereocenters. The van der Waals surface area contributed by atoms with Crippen molar-refractivity contribution in [1.29, 1.82) is 0 Å². The normalized spacial score (nSPS) is 11.0. The first-order chi connectivity index (χ1) is 16.9. The average molecular weight is 497 g/mol. The lowest BCUT2D eigenvalue weighted by Gasteiger charge is -2.24. The largest absolute Gasteiger partial charge is 0.494 e. The molecule has 1 amide bonds. The minimum atomic E-state index is -3.96. The lowest BCUT2D eigenvalue weighted by Crippen LogP contribution is -2.41. The van der Waals surface area contributed by atoms with E-state index >= 15 is 0 Å². The highest BCUT2D eigenvalue weighted by Crippen LogP contribution is 2.25. The molecular formula is C27H32N2O5S. The lowest BCUT2D eigenvalue weighted by atomic mass is 10.1. The van der Waals surface area contributed by atoms with E-state index in [-0.39, 0.29) is 17.3 Å². The maximum atomic E-state index is 13.4. The van der Waals surface area contributed by atoms with E-state index in [1.165, 1.54) is 12.1 Å². The number of para-hydroxylation sites is 1. The molecule has 35 heavy (non-hydrogen) atoms. The van der Waals surface area contributed by atoms with E-state index in [1.807, 2.05) is 38.1 Å². The predicted octanol–water partition coefficient (Wildman–Crippen LogP) is 4.43. The summed E-state index contributed by atoms with van der Waals surface area (Å²) in [4.78, 5) is 12.8. The van der Waals surface area contributed by atoms with Crippen LogP contribution in [0, 0.1) is 0 Å². The average Bonchev–Trinajstić information content (AvgIpc) is 2.87. The van der Waals surface area contributed by atoms with Crippen molar-refractivity contribution < 1.29 is 22.7 Å². The van der Waals surface area contributed by atoms with Gasteiger partial charge in [0.05, 0.1) is 23.8 Å². The van der Waals surface area contributed by atoms with E-state index < -0.39 is 10.0 Å². The number of hydrogen-bond donors (Lipinski definition) is 1.